The Bertz CT molecular complexity index is 441. The van der Waals surface area contributed by atoms with Crippen molar-refractivity contribution in [3.63, 3.8) is 0 Å². The summed E-state index contributed by atoms with van der Waals surface area (Å²) in [7, 11) is 3.58. The highest BCUT2D eigenvalue weighted by molar-refractivity contribution is 14.0. The standard InChI is InChI=1S/C19H37N5O.HI/c1-15-11-16(2)14-23(13-15)10-7-22-19(21-4)24-8-5-17(6-9-24)12-18(25)20-3;/h15-17H,5-14H2,1-4H3,(H,20,25)(H,21,22);1H. The molecule has 2 rings (SSSR count). The molecule has 2 saturated heterocycles. The first-order chi connectivity index (χ1) is 12.0. The van der Waals surface area contributed by atoms with Crippen LogP contribution in [0.3, 0.4) is 0 Å². The van der Waals surface area contributed by atoms with Gasteiger partial charge in [-0.3, -0.25) is 9.79 Å². The molecule has 152 valence electrons. The first-order valence-corrected chi connectivity index (χ1v) is 9.90. The van der Waals surface area contributed by atoms with Crippen LogP contribution in [0.1, 0.15) is 39.5 Å². The summed E-state index contributed by atoms with van der Waals surface area (Å²) >= 11 is 0. The van der Waals surface area contributed by atoms with Crippen LogP contribution in [0, 0.1) is 17.8 Å². The summed E-state index contributed by atoms with van der Waals surface area (Å²) in [4.78, 5) is 20.9. The molecule has 0 bridgehead atoms. The van der Waals surface area contributed by atoms with E-state index in [9.17, 15) is 4.79 Å². The van der Waals surface area contributed by atoms with E-state index in [1.54, 1.807) is 7.05 Å². The molecule has 2 aliphatic heterocycles. The number of piperidine rings is 2. The minimum absolute atomic E-state index is 0. The van der Waals surface area contributed by atoms with E-state index in [0.717, 1.165) is 56.8 Å². The van der Waals surface area contributed by atoms with Crippen molar-refractivity contribution in [3.05, 3.63) is 0 Å². The molecule has 2 unspecified atom stereocenters. The third kappa shape index (κ3) is 7.58. The number of guanidine groups is 1. The number of hydrogen-bond donors (Lipinski definition) is 2. The third-order valence-corrected chi connectivity index (χ3v) is 5.53. The van der Waals surface area contributed by atoms with Crippen LogP contribution in [0.15, 0.2) is 4.99 Å². The molecule has 0 saturated carbocycles. The molecule has 26 heavy (non-hydrogen) atoms. The number of amides is 1. The van der Waals surface area contributed by atoms with E-state index in [2.05, 4.69) is 39.3 Å². The molecule has 6 nitrogen and oxygen atoms in total. The number of likely N-dealkylation sites (tertiary alicyclic amines) is 2. The molecule has 0 aromatic carbocycles. The fourth-order valence-electron chi connectivity index (χ4n) is 4.35. The van der Waals surface area contributed by atoms with E-state index in [4.69, 9.17) is 0 Å². The van der Waals surface area contributed by atoms with Gasteiger partial charge in [0.25, 0.3) is 0 Å². The Balaban J connectivity index is 0.00000338. The van der Waals surface area contributed by atoms with E-state index in [1.165, 1.54) is 19.5 Å². The zero-order valence-electron chi connectivity index (χ0n) is 17.0. The lowest BCUT2D eigenvalue weighted by atomic mass is 9.92. The monoisotopic (exact) mass is 479 g/mol. The van der Waals surface area contributed by atoms with Gasteiger partial charge in [-0.25, -0.2) is 0 Å². The normalized spacial score (nSPS) is 25.5. The molecule has 0 aromatic heterocycles. The summed E-state index contributed by atoms with van der Waals surface area (Å²) in [6.45, 7) is 11.2. The Labute approximate surface area is 176 Å². The van der Waals surface area contributed by atoms with Crippen LogP contribution in [0.4, 0.5) is 0 Å². The van der Waals surface area contributed by atoms with Gasteiger partial charge in [0.05, 0.1) is 0 Å². The van der Waals surface area contributed by atoms with Crippen molar-refractivity contribution >= 4 is 35.8 Å². The highest BCUT2D eigenvalue weighted by Crippen LogP contribution is 2.21. The minimum Gasteiger partial charge on any atom is -0.359 e. The van der Waals surface area contributed by atoms with Gasteiger partial charge in [-0.2, -0.15) is 0 Å². The van der Waals surface area contributed by atoms with E-state index >= 15 is 0 Å². The van der Waals surface area contributed by atoms with Crippen molar-refractivity contribution in [1.29, 1.82) is 0 Å². The predicted molar refractivity (Wildman–Crippen MR) is 119 cm³/mol. The summed E-state index contributed by atoms with van der Waals surface area (Å²) < 4.78 is 0. The molecule has 7 heteroatoms. The largest absolute Gasteiger partial charge is 0.359 e. The summed E-state index contributed by atoms with van der Waals surface area (Å²) in [6.07, 6.45) is 4.14. The number of carbonyl (C=O) groups is 1. The lowest BCUT2D eigenvalue weighted by Gasteiger charge is -2.36. The Morgan fingerprint density at radius 3 is 2.31 bits per heavy atom. The van der Waals surface area contributed by atoms with Gasteiger partial charge < -0.3 is 20.4 Å². The third-order valence-electron chi connectivity index (χ3n) is 5.53. The predicted octanol–water partition coefficient (Wildman–Crippen LogP) is 2.01. The first kappa shape index (κ1) is 23.5. The quantitative estimate of drug-likeness (QED) is 0.360. The van der Waals surface area contributed by atoms with Crippen molar-refractivity contribution < 1.29 is 4.79 Å². The van der Waals surface area contributed by atoms with Gasteiger partial charge in [0.1, 0.15) is 0 Å². The molecule has 2 atom stereocenters. The lowest BCUT2D eigenvalue weighted by Crippen LogP contribution is -2.48. The van der Waals surface area contributed by atoms with Crippen LogP contribution in [0.5, 0.6) is 0 Å². The van der Waals surface area contributed by atoms with Crippen LogP contribution in [-0.2, 0) is 4.79 Å². The van der Waals surface area contributed by atoms with Crippen molar-refractivity contribution in [2.24, 2.45) is 22.7 Å². The average molecular weight is 479 g/mol. The Hall–Kier alpha value is -0.570. The summed E-state index contributed by atoms with van der Waals surface area (Å²) in [5, 5.41) is 6.27. The maximum absolute atomic E-state index is 11.5. The van der Waals surface area contributed by atoms with Gasteiger partial charge in [-0.05, 0) is 37.0 Å². The van der Waals surface area contributed by atoms with Gasteiger partial charge in [0, 0.05) is 59.8 Å². The molecule has 0 spiro atoms. The second kappa shape index (κ2) is 12.0. The van der Waals surface area contributed by atoms with Gasteiger partial charge in [-0.15, -0.1) is 24.0 Å². The SMILES string of the molecule is CN=C(NCCN1CC(C)CC(C)C1)N1CCC(CC(=O)NC)CC1.I. The van der Waals surface area contributed by atoms with Crippen molar-refractivity contribution in [2.75, 3.05) is 53.4 Å². The van der Waals surface area contributed by atoms with Gasteiger partial charge in [0.15, 0.2) is 5.96 Å². The molecule has 1 amide bonds. The van der Waals surface area contributed by atoms with Crippen LogP contribution < -0.4 is 10.6 Å². The Morgan fingerprint density at radius 1 is 1.15 bits per heavy atom. The smallest absolute Gasteiger partial charge is 0.220 e. The molecule has 2 fully saturated rings. The highest BCUT2D eigenvalue weighted by atomic mass is 127. The molecule has 0 radical (unpaired) electrons. The van der Waals surface area contributed by atoms with Crippen molar-refractivity contribution in [1.82, 2.24) is 20.4 Å². The molecule has 2 heterocycles. The lowest BCUT2D eigenvalue weighted by molar-refractivity contribution is -0.121. The number of rotatable bonds is 5. The average Bonchev–Trinajstić information content (AvgIpc) is 2.59. The molecule has 0 aliphatic carbocycles. The molecule has 2 aliphatic rings. The summed E-state index contributed by atoms with van der Waals surface area (Å²) in [5.74, 6) is 3.29. The van der Waals surface area contributed by atoms with Crippen LogP contribution in [0.2, 0.25) is 0 Å². The zero-order chi connectivity index (χ0) is 18.2. The molecular formula is C19H38IN5O. The molecule has 2 N–H and O–H groups in total. The minimum atomic E-state index is 0. The van der Waals surface area contributed by atoms with Crippen LogP contribution >= 0.6 is 24.0 Å². The van der Waals surface area contributed by atoms with E-state index in [0.29, 0.717) is 12.3 Å². The number of halogens is 1. The maximum atomic E-state index is 11.5. The number of nitrogens with zero attached hydrogens (tertiary/aromatic N) is 3. The molecular weight excluding hydrogens is 441 g/mol. The van der Waals surface area contributed by atoms with Crippen LogP contribution in [0.25, 0.3) is 0 Å². The van der Waals surface area contributed by atoms with Crippen molar-refractivity contribution in [2.45, 2.75) is 39.5 Å². The second-order valence-electron chi connectivity index (χ2n) is 7.99. The zero-order valence-corrected chi connectivity index (χ0v) is 19.3. The second-order valence-corrected chi connectivity index (χ2v) is 7.99. The summed E-state index contributed by atoms with van der Waals surface area (Å²) in [6, 6.07) is 0. The van der Waals surface area contributed by atoms with Crippen LogP contribution in [-0.4, -0.2) is 75.0 Å². The van der Waals surface area contributed by atoms with Crippen molar-refractivity contribution in [3.8, 4) is 0 Å². The number of nitrogens with one attached hydrogen (secondary N) is 2. The highest BCUT2D eigenvalue weighted by Gasteiger charge is 2.24. The van der Waals surface area contributed by atoms with E-state index < -0.39 is 0 Å². The Kier molecular flexibility index (Phi) is 10.8. The fraction of sp³-hybridized carbons (Fsp3) is 0.895. The number of aliphatic imine (C=N–C) groups is 1. The summed E-state index contributed by atoms with van der Waals surface area (Å²) in [5.41, 5.74) is 0. The van der Waals surface area contributed by atoms with Gasteiger partial charge in [0.2, 0.25) is 5.91 Å². The maximum Gasteiger partial charge on any atom is 0.220 e. The number of carbonyl (C=O) groups excluding carboxylic acids is 1. The van der Waals surface area contributed by atoms with Gasteiger partial charge in [-0.1, -0.05) is 13.8 Å². The topological polar surface area (TPSA) is 60.0 Å². The fourth-order valence-corrected chi connectivity index (χ4v) is 4.35. The molecule has 0 aromatic rings. The van der Waals surface area contributed by atoms with Gasteiger partial charge >= 0.3 is 0 Å². The van der Waals surface area contributed by atoms with E-state index in [1.807, 2.05) is 7.05 Å². The number of hydrogen-bond acceptors (Lipinski definition) is 3. The van der Waals surface area contributed by atoms with E-state index in [-0.39, 0.29) is 29.9 Å². The Morgan fingerprint density at radius 2 is 1.77 bits per heavy atom. The first-order valence-electron chi connectivity index (χ1n) is 9.90.